The summed E-state index contributed by atoms with van der Waals surface area (Å²) in [6.07, 6.45) is 4.05. The van der Waals surface area contributed by atoms with Gasteiger partial charge in [-0.3, -0.25) is 0 Å². The molecule has 0 fully saturated rings. The quantitative estimate of drug-likeness (QED) is 0.660. The fraction of sp³-hybridized carbons (Fsp3) is 0.529. The minimum absolute atomic E-state index is 0.144. The lowest BCUT2D eigenvalue weighted by Crippen LogP contribution is -2.34. The molecule has 0 aliphatic carbocycles. The van der Waals surface area contributed by atoms with Crippen LogP contribution in [0.15, 0.2) is 30.8 Å². The van der Waals surface area contributed by atoms with Gasteiger partial charge < -0.3 is 4.74 Å². The highest BCUT2D eigenvalue weighted by Gasteiger charge is 2.29. The van der Waals surface area contributed by atoms with Gasteiger partial charge in [-0.15, -0.1) is 0 Å². The molecule has 1 rings (SSSR count). The molecule has 1 heteroatoms. The number of ether oxygens (including phenoxy) is 1. The molecule has 0 saturated heterocycles. The van der Waals surface area contributed by atoms with E-state index >= 15 is 0 Å². The maximum absolute atomic E-state index is 6.10. The molecule has 0 bridgehead atoms. The minimum atomic E-state index is -0.144. The van der Waals surface area contributed by atoms with Gasteiger partial charge in [0.2, 0.25) is 0 Å². The number of hydrogen-bond acceptors (Lipinski definition) is 1. The predicted molar refractivity (Wildman–Crippen MR) is 79.9 cm³/mol. The van der Waals surface area contributed by atoms with Gasteiger partial charge in [-0.05, 0) is 43.4 Å². The van der Waals surface area contributed by atoms with Gasteiger partial charge in [0.1, 0.15) is 11.4 Å². The SMILES string of the molecule is C=Cc1ccc(OC(C)(C)CC(C)(C)CC)cc1. The largest absolute Gasteiger partial charge is 0.488 e. The molecular weight excluding hydrogens is 220 g/mol. The summed E-state index contributed by atoms with van der Waals surface area (Å²) in [6.45, 7) is 14.9. The van der Waals surface area contributed by atoms with Crippen molar-refractivity contribution in [2.45, 2.75) is 53.1 Å². The van der Waals surface area contributed by atoms with Crippen molar-refractivity contribution in [2.24, 2.45) is 5.41 Å². The first kappa shape index (κ1) is 14.8. The molecule has 1 aromatic carbocycles. The van der Waals surface area contributed by atoms with Crippen LogP contribution in [0.1, 0.15) is 53.0 Å². The van der Waals surface area contributed by atoms with E-state index in [9.17, 15) is 0 Å². The molecule has 0 amide bonds. The maximum atomic E-state index is 6.10. The van der Waals surface area contributed by atoms with Crippen molar-refractivity contribution in [1.82, 2.24) is 0 Å². The van der Waals surface area contributed by atoms with Crippen LogP contribution < -0.4 is 4.74 Å². The molecule has 0 aliphatic rings. The number of hydrogen-bond donors (Lipinski definition) is 0. The maximum Gasteiger partial charge on any atom is 0.120 e. The van der Waals surface area contributed by atoms with Crippen LogP contribution in [0, 0.1) is 5.41 Å². The summed E-state index contributed by atoms with van der Waals surface area (Å²) >= 11 is 0. The standard InChI is InChI=1S/C17H26O/c1-7-14-9-11-15(12-10-14)18-17(5,6)13-16(3,4)8-2/h7,9-12H,1,8,13H2,2-6H3. The Hall–Kier alpha value is -1.24. The topological polar surface area (TPSA) is 9.23 Å². The van der Waals surface area contributed by atoms with Crippen molar-refractivity contribution in [3.63, 3.8) is 0 Å². The Balaban J connectivity index is 2.72. The summed E-state index contributed by atoms with van der Waals surface area (Å²) in [5.41, 5.74) is 1.29. The first-order chi connectivity index (χ1) is 8.28. The average Bonchev–Trinajstić information content (AvgIpc) is 2.28. The van der Waals surface area contributed by atoms with Crippen LogP contribution in [-0.4, -0.2) is 5.60 Å². The molecule has 1 aromatic rings. The molecule has 100 valence electrons. The van der Waals surface area contributed by atoms with Crippen LogP contribution in [0.5, 0.6) is 5.75 Å². The van der Waals surface area contributed by atoms with Crippen molar-refractivity contribution >= 4 is 6.08 Å². The summed E-state index contributed by atoms with van der Waals surface area (Å²) in [7, 11) is 0. The second kappa shape index (κ2) is 5.60. The Kier molecular flexibility index (Phi) is 4.61. The summed E-state index contributed by atoms with van der Waals surface area (Å²) in [4.78, 5) is 0. The van der Waals surface area contributed by atoms with Crippen LogP contribution in [0.3, 0.4) is 0 Å². The predicted octanol–water partition coefficient (Wildman–Crippen LogP) is 5.31. The van der Waals surface area contributed by atoms with Gasteiger partial charge >= 0.3 is 0 Å². The normalized spacial score (nSPS) is 12.3. The third kappa shape index (κ3) is 4.56. The van der Waals surface area contributed by atoms with E-state index < -0.39 is 0 Å². The van der Waals surface area contributed by atoms with Crippen molar-refractivity contribution in [2.75, 3.05) is 0 Å². The first-order valence-corrected chi connectivity index (χ1v) is 6.69. The zero-order valence-corrected chi connectivity index (χ0v) is 12.4. The zero-order valence-electron chi connectivity index (χ0n) is 12.4. The van der Waals surface area contributed by atoms with Crippen LogP contribution in [-0.2, 0) is 0 Å². The van der Waals surface area contributed by atoms with Gasteiger partial charge in [-0.2, -0.15) is 0 Å². The van der Waals surface area contributed by atoms with Gasteiger partial charge in [-0.1, -0.05) is 52.0 Å². The third-order valence-corrected chi connectivity index (χ3v) is 3.37. The van der Waals surface area contributed by atoms with Crippen LogP contribution >= 0.6 is 0 Å². The van der Waals surface area contributed by atoms with Crippen molar-refractivity contribution in [3.05, 3.63) is 36.4 Å². The number of benzene rings is 1. The fourth-order valence-electron chi connectivity index (χ4n) is 2.30. The third-order valence-electron chi connectivity index (χ3n) is 3.37. The van der Waals surface area contributed by atoms with E-state index in [2.05, 4.69) is 41.2 Å². The summed E-state index contributed by atoms with van der Waals surface area (Å²) in [5, 5.41) is 0. The van der Waals surface area contributed by atoms with Gasteiger partial charge in [0.05, 0.1) is 0 Å². The van der Waals surface area contributed by atoms with Gasteiger partial charge in [-0.25, -0.2) is 0 Å². The van der Waals surface area contributed by atoms with E-state index in [1.54, 1.807) is 0 Å². The molecule has 0 spiro atoms. The van der Waals surface area contributed by atoms with Crippen LogP contribution in [0.2, 0.25) is 0 Å². The van der Waals surface area contributed by atoms with E-state index in [-0.39, 0.29) is 5.60 Å². The van der Waals surface area contributed by atoms with Crippen LogP contribution in [0.25, 0.3) is 6.08 Å². The monoisotopic (exact) mass is 246 g/mol. The molecule has 0 heterocycles. The Morgan fingerprint density at radius 2 is 1.67 bits per heavy atom. The molecule has 0 atom stereocenters. The molecule has 0 aliphatic heterocycles. The highest BCUT2D eigenvalue weighted by atomic mass is 16.5. The van der Waals surface area contributed by atoms with E-state index in [1.807, 2.05) is 30.3 Å². The van der Waals surface area contributed by atoms with Crippen molar-refractivity contribution < 1.29 is 4.74 Å². The molecule has 18 heavy (non-hydrogen) atoms. The van der Waals surface area contributed by atoms with E-state index in [0.717, 1.165) is 24.2 Å². The smallest absolute Gasteiger partial charge is 0.120 e. The average molecular weight is 246 g/mol. The second-order valence-corrected chi connectivity index (χ2v) is 6.33. The zero-order chi connectivity index (χ0) is 13.8. The Morgan fingerprint density at radius 1 is 1.11 bits per heavy atom. The van der Waals surface area contributed by atoms with Crippen molar-refractivity contribution in [3.8, 4) is 5.75 Å². The lowest BCUT2D eigenvalue weighted by molar-refractivity contribution is 0.0549. The van der Waals surface area contributed by atoms with E-state index in [4.69, 9.17) is 4.74 Å². The first-order valence-electron chi connectivity index (χ1n) is 6.69. The summed E-state index contributed by atoms with van der Waals surface area (Å²) in [5.74, 6) is 0.928. The molecule has 1 nitrogen and oxygen atoms in total. The summed E-state index contributed by atoms with van der Waals surface area (Å²) < 4.78 is 6.10. The molecule has 0 radical (unpaired) electrons. The highest BCUT2D eigenvalue weighted by molar-refractivity contribution is 5.48. The Morgan fingerprint density at radius 3 is 2.11 bits per heavy atom. The van der Waals surface area contributed by atoms with Gasteiger partial charge in [0.15, 0.2) is 0 Å². The molecule has 0 N–H and O–H groups in total. The fourth-order valence-corrected chi connectivity index (χ4v) is 2.30. The van der Waals surface area contributed by atoms with E-state index in [0.29, 0.717) is 5.41 Å². The minimum Gasteiger partial charge on any atom is -0.488 e. The van der Waals surface area contributed by atoms with Gasteiger partial charge in [0.25, 0.3) is 0 Å². The molecule has 0 saturated carbocycles. The Labute approximate surface area is 112 Å². The van der Waals surface area contributed by atoms with Crippen LogP contribution in [0.4, 0.5) is 0 Å². The molecule has 0 unspecified atom stereocenters. The molecular formula is C17H26O. The highest BCUT2D eigenvalue weighted by Crippen LogP contribution is 2.33. The van der Waals surface area contributed by atoms with Crippen molar-refractivity contribution in [1.29, 1.82) is 0 Å². The van der Waals surface area contributed by atoms with E-state index in [1.165, 1.54) is 0 Å². The lowest BCUT2D eigenvalue weighted by Gasteiger charge is -2.34. The Bertz CT molecular complexity index is 385. The lowest BCUT2D eigenvalue weighted by atomic mass is 9.80. The molecule has 0 aromatic heterocycles. The number of rotatable bonds is 6. The summed E-state index contributed by atoms with van der Waals surface area (Å²) in [6, 6.07) is 8.09. The van der Waals surface area contributed by atoms with Gasteiger partial charge in [0, 0.05) is 0 Å². The second-order valence-electron chi connectivity index (χ2n) is 6.33.